The highest BCUT2D eigenvalue weighted by Crippen LogP contribution is 2.30. The third-order valence-corrected chi connectivity index (χ3v) is 4.84. The molecule has 0 aromatic rings. The van der Waals surface area contributed by atoms with Crippen LogP contribution in [0.4, 0.5) is 0 Å². The van der Waals surface area contributed by atoms with Gasteiger partial charge in [-0.15, -0.1) is 0 Å². The van der Waals surface area contributed by atoms with Crippen LogP contribution in [0.2, 0.25) is 0 Å². The van der Waals surface area contributed by atoms with Crippen molar-refractivity contribution in [2.24, 2.45) is 11.3 Å². The van der Waals surface area contributed by atoms with Crippen molar-refractivity contribution in [2.75, 3.05) is 59.5 Å². The van der Waals surface area contributed by atoms with Crippen LogP contribution < -0.4 is 5.32 Å². The van der Waals surface area contributed by atoms with E-state index in [1.165, 1.54) is 32.6 Å². The number of ether oxygens (including phenoxy) is 1. The second-order valence-corrected chi connectivity index (χ2v) is 7.39. The van der Waals surface area contributed by atoms with E-state index in [4.69, 9.17) is 4.74 Å². The van der Waals surface area contributed by atoms with Gasteiger partial charge in [0.15, 0.2) is 0 Å². The fourth-order valence-electron chi connectivity index (χ4n) is 3.34. The first-order chi connectivity index (χ1) is 9.51. The normalized spacial score (nSPS) is 33.1. The standard InChI is InChI=1S/C16H33N3O/c1-14(2)9-17-11-16(5-8-20-13-16)12-19-7-6-18(4)15(3)10-19/h14-15,17H,5-13H2,1-4H3. The van der Waals surface area contributed by atoms with Crippen LogP contribution in [0.25, 0.3) is 0 Å². The average Bonchev–Trinajstić information content (AvgIpc) is 2.82. The van der Waals surface area contributed by atoms with Crippen LogP contribution in [0.5, 0.6) is 0 Å². The van der Waals surface area contributed by atoms with Crippen molar-refractivity contribution in [3.63, 3.8) is 0 Å². The van der Waals surface area contributed by atoms with Gasteiger partial charge < -0.3 is 15.0 Å². The highest BCUT2D eigenvalue weighted by atomic mass is 16.5. The minimum Gasteiger partial charge on any atom is -0.381 e. The lowest BCUT2D eigenvalue weighted by atomic mass is 9.86. The fraction of sp³-hybridized carbons (Fsp3) is 1.00. The minimum atomic E-state index is 0.338. The van der Waals surface area contributed by atoms with Crippen LogP contribution in [-0.2, 0) is 4.74 Å². The summed E-state index contributed by atoms with van der Waals surface area (Å²) in [5.74, 6) is 0.720. The Hall–Kier alpha value is -0.160. The number of likely N-dealkylation sites (N-methyl/N-ethyl adjacent to an activating group) is 1. The number of nitrogens with zero attached hydrogens (tertiary/aromatic N) is 2. The Morgan fingerprint density at radius 2 is 2.15 bits per heavy atom. The molecule has 20 heavy (non-hydrogen) atoms. The molecule has 2 fully saturated rings. The number of hydrogen-bond acceptors (Lipinski definition) is 4. The van der Waals surface area contributed by atoms with E-state index >= 15 is 0 Å². The number of hydrogen-bond donors (Lipinski definition) is 1. The van der Waals surface area contributed by atoms with Crippen molar-refractivity contribution in [2.45, 2.75) is 33.2 Å². The largest absolute Gasteiger partial charge is 0.381 e. The molecule has 4 nitrogen and oxygen atoms in total. The molecular weight excluding hydrogens is 250 g/mol. The minimum absolute atomic E-state index is 0.338. The molecule has 2 saturated heterocycles. The van der Waals surface area contributed by atoms with Gasteiger partial charge in [-0.3, -0.25) is 4.90 Å². The predicted octanol–water partition coefficient (Wildman–Crippen LogP) is 1.27. The molecular formula is C16H33N3O. The second-order valence-electron chi connectivity index (χ2n) is 7.39. The van der Waals surface area contributed by atoms with Gasteiger partial charge >= 0.3 is 0 Å². The summed E-state index contributed by atoms with van der Waals surface area (Å²) in [5.41, 5.74) is 0.338. The molecule has 2 heterocycles. The summed E-state index contributed by atoms with van der Waals surface area (Å²) in [5, 5.41) is 3.66. The predicted molar refractivity (Wildman–Crippen MR) is 84.1 cm³/mol. The third kappa shape index (κ3) is 4.42. The monoisotopic (exact) mass is 283 g/mol. The van der Waals surface area contributed by atoms with Crippen molar-refractivity contribution >= 4 is 0 Å². The highest BCUT2D eigenvalue weighted by Gasteiger charge is 2.37. The molecule has 2 aliphatic heterocycles. The maximum absolute atomic E-state index is 5.73. The van der Waals surface area contributed by atoms with E-state index in [1.807, 2.05) is 0 Å². The van der Waals surface area contributed by atoms with E-state index in [2.05, 4.69) is 42.9 Å². The molecule has 4 heteroatoms. The summed E-state index contributed by atoms with van der Waals surface area (Å²) in [6.07, 6.45) is 1.21. The van der Waals surface area contributed by atoms with Gasteiger partial charge in [-0.2, -0.15) is 0 Å². The molecule has 0 amide bonds. The van der Waals surface area contributed by atoms with Crippen LogP contribution >= 0.6 is 0 Å². The van der Waals surface area contributed by atoms with Gasteiger partial charge in [-0.1, -0.05) is 13.8 Å². The maximum atomic E-state index is 5.73. The summed E-state index contributed by atoms with van der Waals surface area (Å²) >= 11 is 0. The second kappa shape index (κ2) is 7.21. The lowest BCUT2D eigenvalue weighted by molar-refractivity contribution is 0.0553. The molecule has 0 aromatic carbocycles. The van der Waals surface area contributed by atoms with Crippen LogP contribution in [0, 0.1) is 11.3 Å². The average molecular weight is 283 g/mol. The first-order valence-corrected chi connectivity index (χ1v) is 8.22. The van der Waals surface area contributed by atoms with E-state index in [0.717, 1.165) is 32.2 Å². The first-order valence-electron chi connectivity index (χ1n) is 8.22. The lowest BCUT2D eigenvalue weighted by Gasteiger charge is -2.42. The van der Waals surface area contributed by atoms with Gasteiger partial charge in [0.2, 0.25) is 0 Å². The van der Waals surface area contributed by atoms with Crippen LogP contribution in [0.1, 0.15) is 27.2 Å². The smallest absolute Gasteiger partial charge is 0.0547 e. The Morgan fingerprint density at radius 1 is 1.35 bits per heavy atom. The Balaban J connectivity index is 1.85. The molecule has 0 bridgehead atoms. The molecule has 0 spiro atoms. The molecule has 2 rings (SSSR count). The summed E-state index contributed by atoms with van der Waals surface area (Å²) in [6.45, 7) is 15.7. The lowest BCUT2D eigenvalue weighted by Crippen LogP contribution is -2.54. The Kier molecular flexibility index (Phi) is 5.84. The van der Waals surface area contributed by atoms with Crippen molar-refractivity contribution in [1.82, 2.24) is 15.1 Å². The van der Waals surface area contributed by atoms with Gasteiger partial charge in [0.05, 0.1) is 6.61 Å². The van der Waals surface area contributed by atoms with Gasteiger partial charge in [0.1, 0.15) is 0 Å². The third-order valence-electron chi connectivity index (χ3n) is 4.84. The van der Waals surface area contributed by atoms with E-state index in [9.17, 15) is 0 Å². The highest BCUT2D eigenvalue weighted by molar-refractivity contribution is 4.90. The SMILES string of the molecule is CC(C)CNCC1(CN2CCN(C)C(C)C2)CCOC1. The zero-order chi connectivity index (χ0) is 14.6. The Labute approximate surface area is 124 Å². The van der Waals surface area contributed by atoms with Gasteiger partial charge in [0, 0.05) is 50.8 Å². The molecule has 0 aromatic heterocycles. The van der Waals surface area contributed by atoms with Crippen LogP contribution in [-0.4, -0.2) is 75.4 Å². The fourth-order valence-corrected chi connectivity index (χ4v) is 3.34. The topological polar surface area (TPSA) is 27.7 Å². The van der Waals surface area contributed by atoms with Crippen molar-refractivity contribution in [3.05, 3.63) is 0 Å². The number of rotatable bonds is 6. The van der Waals surface area contributed by atoms with Gasteiger partial charge in [0.25, 0.3) is 0 Å². The zero-order valence-corrected chi connectivity index (χ0v) is 13.8. The Bertz CT molecular complexity index is 289. The number of nitrogens with one attached hydrogen (secondary N) is 1. The molecule has 0 saturated carbocycles. The van der Waals surface area contributed by atoms with Crippen molar-refractivity contribution in [1.29, 1.82) is 0 Å². The maximum Gasteiger partial charge on any atom is 0.0547 e. The van der Waals surface area contributed by atoms with Gasteiger partial charge in [-0.05, 0) is 32.9 Å². The van der Waals surface area contributed by atoms with E-state index < -0.39 is 0 Å². The Morgan fingerprint density at radius 3 is 2.75 bits per heavy atom. The van der Waals surface area contributed by atoms with Crippen molar-refractivity contribution in [3.8, 4) is 0 Å². The van der Waals surface area contributed by atoms with E-state index in [0.29, 0.717) is 11.5 Å². The van der Waals surface area contributed by atoms with Crippen molar-refractivity contribution < 1.29 is 4.74 Å². The molecule has 2 atom stereocenters. The van der Waals surface area contributed by atoms with E-state index in [1.54, 1.807) is 0 Å². The quantitative estimate of drug-likeness (QED) is 0.795. The molecule has 2 aliphatic rings. The summed E-state index contributed by atoms with van der Waals surface area (Å²) in [4.78, 5) is 5.11. The summed E-state index contributed by atoms with van der Waals surface area (Å²) < 4.78 is 5.73. The molecule has 1 N–H and O–H groups in total. The summed E-state index contributed by atoms with van der Waals surface area (Å²) in [7, 11) is 2.24. The summed E-state index contributed by atoms with van der Waals surface area (Å²) in [6, 6.07) is 0.673. The molecule has 118 valence electrons. The zero-order valence-electron chi connectivity index (χ0n) is 13.8. The first kappa shape index (κ1) is 16.2. The van der Waals surface area contributed by atoms with Gasteiger partial charge in [-0.25, -0.2) is 0 Å². The number of piperazine rings is 1. The van der Waals surface area contributed by atoms with Crippen LogP contribution in [0.3, 0.4) is 0 Å². The van der Waals surface area contributed by atoms with Crippen LogP contribution in [0.15, 0.2) is 0 Å². The van der Waals surface area contributed by atoms with E-state index in [-0.39, 0.29) is 0 Å². The molecule has 0 aliphatic carbocycles. The molecule has 2 unspecified atom stereocenters. The molecule has 0 radical (unpaired) electrons.